The number of hydrogen-bond acceptors (Lipinski definition) is 4. The standard InChI is InChI=1S/C22H27N5O2/c1-15(10-11-18-8-6-5-7-9-18)23-20(28)14-27-21(29)13-12-19(25-27)22-16(2)24-26(4)17(22)3/h5-9,12-13,15H,10-11,14H2,1-4H3,(H,23,28). The third-order valence-electron chi connectivity index (χ3n) is 5.04. The van der Waals surface area contributed by atoms with Crippen molar-refractivity contribution in [2.24, 2.45) is 7.05 Å². The van der Waals surface area contributed by atoms with Crippen LogP contribution in [0.25, 0.3) is 11.3 Å². The van der Waals surface area contributed by atoms with E-state index in [4.69, 9.17) is 0 Å². The molecule has 152 valence electrons. The SMILES string of the molecule is Cc1nn(C)c(C)c1-c1ccc(=O)n(CC(=O)NC(C)CCc2ccccc2)n1. The van der Waals surface area contributed by atoms with Gasteiger partial charge in [-0.2, -0.15) is 10.2 Å². The second kappa shape index (κ2) is 8.86. The maximum Gasteiger partial charge on any atom is 0.267 e. The van der Waals surface area contributed by atoms with Gasteiger partial charge in [-0.1, -0.05) is 30.3 Å². The van der Waals surface area contributed by atoms with E-state index in [1.165, 1.54) is 16.3 Å². The number of nitrogens with zero attached hydrogens (tertiary/aromatic N) is 4. The van der Waals surface area contributed by atoms with E-state index >= 15 is 0 Å². The molecule has 0 fully saturated rings. The molecule has 0 bridgehead atoms. The van der Waals surface area contributed by atoms with Crippen molar-refractivity contribution in [1.29, 1.82) is 0 Å². The Kier molecular flexibility index (Phi) is 6.26. The minimum absolute atomic E-state index is 0.00408. The Morgan fingerprint density at radius 2 is 1.83 bits per heavy atom. The van der Waals surface area contributed by atoms with Crippen LogP contribution in [-0.2, 0) is 24.8 Å². The second-order valence-corrected chi connectivity index (χ2v) is 7.38. The summed E-state index contributed by atoms with van der Waals surface area (Å²) >= 11 is 0. The average molecular weight is 393 g/mol. The fourth-order valence-electron chi connectivity index (χ4n) is 3.40. The van der Waals surface area contributed by atoms with Gasteiger partial charge in [0.05, 0.1) is 11.4 Å². The Bertz CT molecular complexity index is 1050. The van der Waals surface area contributed by atoms with Crippen molar-refractivity contribution < 1.29 is 4.79 Å². The van der Waals surface area contributed by atoms with Crippen LogP contribution in [-0.4, -0.2) is 31.5 Å². The van der Waals surface area contributed by atoms with E-state index in [1.54, 1.807) is 10.7 Å². The van der Waals surface area contributed by atoms with Gasteiger partial charge in [-0.25, -0.2) is 4.68 Å². The molecule has 0 aliphatic carbocycles. The van der Waals surface area contributed by atoms with Gasteiger partial charge < -0.3 is 5.32 Å². The molecule has 0 saturated carbocycles. The molecule has 1 aromatic carbocycles. The summed E-state index contributed by atoms with van der Waals surface area (Å²) in [4.78, 5) is 24.7. The smallest absolute Gasteiger partial charge is 0.267 e. The minimum atomic E-state index is -0.306. The van der Waals surface area contributed by atoms with Gasteiger partial charge in [-0.3, -0.25) is 14.3 Å². The first-order chi connectivity index (χ1) is 13.8. The van der Waals surface area contributed by atoms with Crippen LogP contribution in [0.4, 0.5) is 0 Å². The van der Waals surface area contributed by atoms with Gasteiger partial charge in [0.2, 0.25) is 5.91 Å². The summed E-state index contributed by atoms with van der Waals surface area (Å²) in [6.07, 6.45) is 1.71. The number of aryl methyl sites for hydroxylation is 3. The molecule has 3 aromatic rings. The van der Waals surface area contributed by atoms with Crippen molar-refractivity contribution >= 4 is 5.91 Å². The van der Waals surface area contributed by atoms with E-state index in [2.05, 4.69) is 27.6 Å². The van der Waals surface area contributed by atoms with Crippen molar-refractivity contribution in [3.05, 3.63) is 69.8 Å². The summed E-state index contributed by atoms with van der Waals surface area (Å²) in [5.41, 5.74) is 4.25. The molecule has 1 N–H and O–H groups in total. The second-order valence-electron chi connectivity index (χ2n) is 7.38. The van der Waals surface area contributed by atoms with Crippen molar-refractivity contribution in [2.75, 3.05) is 0 Å². The Hall–Kier alpha value is -3.22. The number of carbonyl (C=O) groups is 1. The van der Waals surface area contributed by atoms with Crippen LogP contribution in [0.3, 0.4) is 0 Å². The quantitative estimate of drug-likeness (QED) is 0.668. The van der Waals surface area contributed by atoms with Crippen molar-refractivity contribution in [3.63, 3.8) is 0 Å². The number of carbonyl (C=O) groups excluding carboxylic acids is 1. The molecule has 7 nitrogen and oxygen atoms in total. The van der Waals surface area contributed by atoms with Gasteiger partial charge >= 0.3 is 0 Å². The fraction of sp³-hybridized carbons (Fsp3) is 0.364. The molecule has 0 radical (unpaired) electrons. The van der Waals surface area contributed by atoms with E-state index < -0.39 is 0 Å². The molecule has 0 saturated heterocycles. The summed E-state index contributed by atoms with van der Waals surface area (Å²) in [6, 6.07) is 13.3. The number of hydrogen-bond donors (Lipinski definition) is 1. The molecular formula is C22H27N5O2. The topological polar surface area (TPSA) is 81.8 Å². The molecule has 2 aromatic heterocycles. The molecule has 1 amide bonds. The maximum absolute atomic E-state index is 12.4. The van der Waals surface area contributed by atoms with E-state index in [9.17, 15) is 9.59 Å². The first-order valence-electron chi connectivity index (χ1n) is 9.77. The number of aromatic nitrogens is 4. The summed E-state index contributed by atoms with van der Waals surface area (Å²) in [5, 5.41) is 11.8. The molecule has 1 atom stereocenters. The molecule has 29 heavy (non-hydrogen) atoms. The largest absolute Gasteiger partial charge is 0.352 e. The number of rotatable bonds is 7. The van der Waals surface area contributed by atoms with E-state index in [1.807, 2.05) is 46.0 Å². The van der Waals surface area contributed by atoms with Crippen molar-refractivity contribution in [2.45, 2.75) is 46.2 Å². The van der Waals surface area contributed by atoms with Crippen LogP contribution in [0.15, 0.2) is 47.3 Å². The Morgan fingerprint density at radius 1 is 1.10 bits per heavy atom. The summed E-state index contributed by atoms with van der Waals surface area (Å²) in [5.74, 6) is -0.225. The number of nitrogens with one attached hydrogen (secondary N) is 1. The van der Waals surface area contributed by atoms with Crippen molar-refractivity contribution in [1.82, 2.24) is 24.9 Å². The lowest BCUT2D eigenvalue weighted by atomic mass is 10.1. The lowest BCUT2D eigenvalue weighted by Crippen LogP contribution is -2.38. The molecule has 7 heteroatoms. The predicted molar refractivity (Wildman–Crippen MR) is 113 cm³/mol. The summed E-state index contributed by atoms with van der Waals surface area (Å²) < 4.78 is 2.99. The minimum Gasteiger partial charge on any atom is -0.352 e. The number of benzene rings is 1. The van der Waals surface area contributed by atoms with Gasteiger partial charge in [0.1, 0.15) is 6.54 Å². The Labute approximate surface area is 170 Å². The third kappa shape index (κ3) is 4.99. The zero-order chi connectivity index (χ0) is 21.0. The molecule has 3 rings (SSSR count). The highest BCUT2D eigenvalue weighted by molar-refractivity contribution is 5.76. The number of amides is 1. The lowest BCUT2D eigenvalue weighted by molar-refractivity contribution is -0.122. The molecule has 0 aliphatic heterocycles. The molecule has 2 heterocycles. The van der Waals surface area contributed by atoms with Crippen LogP contribution < -0.4 is 10.9 Å². The van der Waals surface area contributed by atoms with Crippen LogP contribution >= 0.6 is 0 Å². The molecule has 1 unspecified atom stereocenters. The highest BCUT2D eigenvalue weighted by atomic mass is 16.2. The van der Waals surface area contributed by atoms with Crippen LogP contribution in [0.2, 0.25) is 0 Å². The monoisotopic (exact) mass is 393 g/mol. The predicted octanol–water partition coefficient (Wildman–Crippen LogP) is 2.40. The lowest BCUT2D eigenvalue weighted by Gasteiger charge is -2.14. The molecular weight excluding hydrogens is 366 g/mol. The summed E-state index contributed by atoms with van der Waals surface area (Å²) in [7, 11) is 1.87. The van der Waals surface area contributed by atoms with Crippen LogP contribution in [0.5, 0.6) is 0 Å². The maximum atomic E-state index is 12.4. The summed E-state index contributed by atoms with van der Waals surface area (Å²) in [6.45, 7) is 5.71. The van der Waals surface area contributed by atoms with Gasteiger partial charge in [-0.05, 0) is 45.2 Å². The van der Waals surface area contributed by atoms with E-state index in [0.717, 1.165) is 29.8 Å². The van der Waals surface area contributed by atoms with Crippen LogP contribution in [0.1, 0.15) is 30.3 Å². The molecule has 0 spiro atoms. The van der Waals surface area contributed by atoms with E-state index in [0.29, 0.717) is 5.69 Å². The average Bonchev–Trinajstić information content (AvgIpc) is 2.94. The molecule has 0 aliphatic rings. The van der Waals surface area contributed by atoms with Gasteiger partial charge in [0, 0.05) is 30.4 Å². The van der Waals surface area contributed by atoms with Gasteiger partial charge in [0.25, 0.3) is 5.56 Å². The first-order valence-corrected chi connectivity index (χ1v) is 9.77. The zero-order valence-corrected chi connectivity index (χ0v) is 17.3. The third-order valence-corrected chi connectivity index (χ3v) is 5.04. The van der Waals surface area contributed by atoms with Gasteiger partial charge in [-0.15, -0.1) is 0 Å². The fourth-order valence-corrected chi connectivity index (χ4v) is 3.40. The Morgan fingerprint density at radius 3 is 2.48 bits per heavy atom. The van der Waals surface area contributed by atoms with E-state index in [-0.39, 0.29) is 24.1 Å². The zero-order valence-electron chi connectivity index (χ0n) is 17.3. The normalized spacial score (nSPS) is 12.0. The van der Waals surface area contributed by atoms with Crippen molar-refractivity contribution in [3.8, 4) is 11.3 Å². The first kappa shape index (κ1) is 20.5. The van der Waals surface area contributed by atoms with Crippen LogP contribution in [0, 0.1) is 13.8 Å². The highest BCUT2D eigenvalue weighted by Crippen LogP contribution is 2.23. The Balaban J connectivity index is 1.66. The highest BCUT2D eigenvalue weighted by Gasteiger charge is 2.15. The van der Waals surface area contributed by atoms with Gasteiger partial charge in [0.15, 0.2) is 0 Å².